The number of carbonyl (C=O) groups excluding carboxylic acids is 1. The van der Waals surface area contributed by atoms with Gasteiger partial charge in [-0.15, -0.1) is 0 Å². The number of urea groups is 1. The zero-order valence-electron chi connectivity index (χ0n) is 10.7. The van der Waals surface area contributed by atoms with E-state index >= 15 is 0 Å². The highest BCUT2D eigenvalue weighted by Gasteiger charge is 2.31. The Morgan fingerprint density at radius 1 is 1.35 bits per heavy atom. The molecule has 0 saturated carbocycles. The molecule has 0 spiro atoms. The van der Waals surface area contributed by atoms with Crippen LogP contribution in [0.15, 0.2) is 0 Å². The van der Waals surface area contributed by atoms with E-state index in [-0.39, 0.29) is 12.6 Å². The van der Waals surface area contributed by atoms with Crippen LogP contribution in [0.1, 0.15) is 26.7 Å². The van der Waals surface area contributed by atoms with Crippen LogP contribution < -0.4 is 10.6 Å². The van der Waals surface area contributed by atoms with Gasteiger partial charge in [0.2, 0.25) is 0 Å². The van der Waals surface area contributed by atoms with E-state index in [1.807, 2.05) is 6.26 Å². The van der Waals surface area contributed by atoms with E-state index in [9.17, 15) is 9.59 Å². The van der Waals surface area contributed by atoms with Gasteiger partial charge in [-0.2, -0.15) is 11.8 Å². The highest BCUT2D eigenvalue weighted by molar-refractivity contribution is 7.98. The molecule has 17 heavy (non-hydrogen) atoms. The van der Waals surface area contributed by atoms with Gasteiger partial charge in [0.05, 0.1) is 5.41 Å². The van der Waals surface area contributed by atoms with Crippen molar-refractivity contribution >= 4 is 23.8 Å². The van der Waals surface area contributed by atoms with Crippen LogP contribution in [0, 0.1) is 5.41 Å². The first-order chi connectivity index (χ1) is 7.96. The molecule has 0 rings (SSSR count). The van der Waals surface area contributed by atoms with Crippen molar-refractivity contribution < 1.29 is 14.7 Å². The smallest absolute Gasteiger partial charge is 0.314 e. The number of rotatable bonds is 8. The SMILES string of the molecule is CCC(C)(CNC(=O)NCCCSC)C(=O)O. The molecule has 5 nitrogen and oxygen atoms in total. The summed E-state index contributed by atoms with van der Waals surface area (Å²) in [4.78, 5) is 22.4. The zero-order valence-corrected chi connectivity index (χ0v) is 11.5. The molecule has 100 valence electrons. The minimum atomic E-state index is -0.892. The fourth-order valence-corrected chi connectivity index (χ4v) is 1.54. The van der Waals surface area contributed by atoms with Gasteiger partial charge in [0.1, 0.15) is 0 Å². The molecule has 0 fully saturated rings. The van der Waals surface area contributed by atoms with Gasteiger partial charge in [0.15, 0.2) is 0 Å². The molecule has 0 aromatic heterocycles. The van der Waals surface area contributed by atoms with Crippen LogP contribution in [-0.2, 0) is 4.79 Å². The van der Waals surface area contributed by atoms with Crippen molar-refractivity contribution in [1.82, 2.24) is 10.6 Å². The number of amides is 2. The number of aliphatic carboxylic acids is 1. The molecule has 1 unspecified atom stereocenters. The average Bonchev–Trinajstić information content (AvgIpc) is 2.31. The van der Waals surface area contributed by atoms with Gasteiger partial charge >= 0.3 is 12.0 Å². The molecular weight excluding hydrogens is 240 g/mol. The normalized spacial score (nSPS) is 13.8. The maximum atomic E-state index is 11.4. The number of carboxylic acids is 1. The molecule has 0 bridgehead atoms. The average molecular weight is 262 g/mol. The summed E-state index contributed by atoms with van der Waals surface area (Å²) < 4.78 is 0. The van der Waals surface area contributed by atoms with Gasteiger partial charge in [0, 0.05) is 13.1 Å². The second-order valence-electron chi connectivity index (χ2n) is 4.18. The molecule has 3 N–H and O–H groups in total. The summed E-state index contributed by atoms with van der Waals surface area (Å²) >= 11 is 1.73. The number of hydrogen-bond acceptors (Lipinski definition) is 3. The molecule has 6 heteroatoms. The van der Waals surface area contributed by atoms with Gasteiger partial charge in [-0.05, 0) is 31.8 Å². The molecule has 2 amide bonds. The Bertz CT molecular complexity index is 261. The van der Waals surface area contributed by atoms with Crippen molar-refractivity contribution in [3.63, 3.8) is 0 Å². The lowest BCUT2D eigenvalue weighted by Gasteiger charge is -2.23. The molecule has 0 aliphatic heterocycles. The van der Waals surface area contributed by atoms with E-state index in [1.165, 1.54) is 0 Å². The molecule has 0 heterocycles. The van der Waals surface area contributed by atoms with Gasteiger partial charge in [-0.1, -0.05) is 6.92 Å². The third-order valence-electron chi connectivity index (χ3n) is 2.75. The first-order valence-electron chi connectivity index (χ1n) is 5.70. The van der Waals surface area contributed by atoms with Crippen molar-refractivity contribution in [3.8, 4) is 0 Å². The summed E-state index contributed by atoms with van der Waals surface area (Å²) in [6.07, 6.45) is 3.41. The second kappa shape index (κ2) is 8.22. The van der Waals surface area contributed by atoms with Crippen LogP contribution >= 0.6 is 11.8 Å². The predicted molar refractivity (Wildman–Crippen MR) is 70.4 cm³/mol. The minimum absolute atomic E-state index is 0.146. The Morgan fingerprint density at radius 3 is 2.47 bits per heavy atom. The van der Waals surface area contributed by atoms with E-state index in [0.29, 0.717) is 13.0 Å². The van der Waals surface area contributed by atoms with E-state index in [0.717, 1.165) is 12.2 Å². The first kappa shape index (κ1) is 16.1. The summed E-state index contributed by atoms with van der Waals surface area (Å²) in [6.45, 7) is 4.19. The number of thioether (sulfide) groups is 1. The maximum absolute atomic E-state index is 11.4. The topological polar surface area (TPSA) is 78.4 Å². The predicted octanol–water partition coefficient (Wildman–Crippen LogP) is 1.54. The van der Waals surface area contributed by atoms with Crippen LogP contribution in [0.5, 0.6) is 0 Å². The Morgan fingerprint density at radius 2 is 2.00 bits per heavy atom. The molecule has 0 aromatic rings. The number of nitrogens with one attached hydrogen (secondary N) is 2. The summed E-state index contributed by atoms with van der Waals surface area (Å²) in [5.74, 6) is 0.116. The monoisotopic (exact) mass is 262 g/mol. The fraction of sp³-hybridized carbons (Fsp3) is 0.818. The highest BCUT2D eigenvalue weighted by Crippen LogP contribution is 2.19. The fourth-order valence-electron chi connectivity index (χ4n) is 1.11. The van der Waals surface area contributed by atoms with E-state index in [1.54, 1.807) is 25.6 Å². The molecule has 0 aromatic carbocycles. The van der Waals surface area contributed by atoms with E-state index in [4.69, 9.17) is 5.11 Å². The molecule has 0 aliphatic rings. The molecular formula is C11H22N2O3S. The van der Waals surface area contributed by atoms with Crippen molar-refractivity contribution in [2.45, 2.75) is 26.7 Å². The van der Waals surface area contributed by atoms with Crippen LogP contribution in [0.2, 0.25) is 0 Å². The van der Waals surface area contributed by atoms with E-state index < -0.39 is 11.4 Å². The summed E-state index contributed by atoms with van der Waals surface area (Å²) in [5.41, 5.74) is -0.892. The Labute approximate surface area is 107 Å². The lowest BCUT2D eigenvalue weighted by molar-refractivity contribution is -0.147. The quantitative estimate of drug-likeness (QED) is 0.580. The number of hydrogen-bond donors (Lipinski definition) is 3. The number of carboxylic acid groups (broad SMARTS) is 1. The maximum Gasteiger partial charge on any atom is 0.314 e. The van der Waals surface area contributed by atoms with Gasteiger partial charge in [0.25, 0.3) is 0 Å². The van der Waals surface area contributed by atoms with Crippen molar-refractivity contribution in [2.75, 3.05) is 25.1 Å². The lowest BCUT2D eigenvalue weighted by atomic mass is 9.88. The van der Waals surface area contributed by atoms with Gasteiger partial charge in [-0.3, -0.25) is 4.79 Å². The van der Waals surface area contributed by atoms with Crippen LogP contribution in [0.3, 0.4) is 0 Å². The van der Waals surface area contributed by atoms with Crippen molar-refractivity contribution in [1.29, 1.82) is 0 Å². The Hall–Kier alpha value is -0.910. The molecule has 0 aliphatic carbocycles. The Kier molecular flexibility index (Phi) is 7.78. The van der Waals surface area contributed by atoms with Crippen molar-refractivity contribution in [3.05, 3.63) is 0 Å². The lowest BCUT2D eigenvalue weighted by Crippen LogP contribution is -2.44. The van der Waals surface area contributed by atoms with Gasteiger partial charge < -0.3 is 15.7 Å². The van der Waals surface area contributed by atoms with Gasteiger partial charge in [-0.25, -0.2) is 4.79 Å². The largest absolute Gasteiger partial charge is 0.481 e. The van der Waals surface area contributed by atoms with E-state index in [2.05, 4.69) is 10.6 Å². The van der Waals surface area contributed by atoms with Crippen LogP contribution in [-0.4, -0.2) is 42.2 Å². The Balaban J connectivity index is 3.86. The number of carbonyl (C=O) groups is 2. The molecule has 0 radical (unpaired) electrons. The standard InChI is InChI=1S/C11H22N2O3S/c1-4-11(2,9(14)15)8-13-10(16)12-6-5-7-17-3/h4-8H2,1-3H3,(H,14,15)(H2,12,13,16). The molecule has 0 saturated heterocycles. The second-order valence-corrected chi connectivity index (χ2v) is 5.16. The first-order valence-corrected chi connectivity index (χ1v) is 7.09. The summed E-state index contributed by atoms with van der Waals surface area (Å²) in [5, 5.41) is 14.3. The summed E-state index contributed by atoms with van der Waals surface area (Å²) in [7, 11) is 0. The minimum Gasteiger partial charge on any atom is -0.481 e. The highest BCUT2D eigenvalue weighted by atomic mass is 32.2. The van der Waals surface area contributed by atoms with Crippen molar-refractivity contribution in [2.24, 2.45) is 5.41 Å². The zero-order chi connectivity index (χ0) is 13.3. The third kappa shape index (κ3) is 6.41. The third-order valence-corrected chi connectivity index (χ3v) is 3.44. The summed E-state index contributed by atoms with van der Waals surface area (Å²) in [6, 6.07) is -0.299. The molecule has 1 atom stereocenters. The van der Waals surface area contributed by atoms with Crippen LogP contribution in [0.25, 0.3) is 0 Å². The van der Waals surface area contributed by atoms with Crippen LogP contribution in [0.4, 0.5) is 4.79 Å².